The monoisotopic (exact) mass is 497 g/mol. The van der Waals surface area contributed by atoms with Crippen molar-refractivity contribution in [2.45, 2.75) is 50.4 Å². The second kappa shape index (κ2) is 11.7. The third-order valence-electron chi connectivity index (χ3n) is 4.52. The molecule has 1 saturated carbocycles. The molecule has 0 aromatic heterocycles. The summed E-state index contributed by atoms with van der Waals surface area (Å²) in [5.74, 6) is 1.27. The van der Waals surface area contributed by atoms with Crippen LogP contribution in [0.5, 0.6) is 5.75 Å². The highest BCUT2D eigenvalue weighted by atomic mass is 127. The normalized spacial score (nSPS) is 21.5. The zero-order valence-corrected chi connectivity index (χ0v) is 18.7. The molecule has 3 unspecified atom stereocenters. The van der Waals surface area contributed by atoms with Gasteiger partial charge < -0.3 is 15.4 Å². The van der Waals surface area contributed by atoms with Crippen LogP contribution >= 0.6 is 24.0 Å². The maximum absolute atomic E-state index is 13.8. The summed E-state index contributed by atoms with van der Waals surface area (Å²) in [6.07, 6.45) is 4.07. The van der Waals surface area contributed by atoms with Gasteiger partial charge >= 0.3 is 0 Å². The Bertz CT molecular complexity index is 630. The van der Waals surface area contributed by atoms with Gasteiger partial charge in [-0.15, -0.1) is 24.0 Å². The molecule has 1 aliphatic carbocycles. The van der Waals surface area contributed by atoms with Crippen LogP contribution in [0.3, 0.4) is 0 Å². The van der Waals surface area contributed by atoms with E-state index in [9.17, 15) is 8.60 Å². The Kier molecular flexibility index (Phi) is 10.4. The number of rotatable bonds is 6. The highest BCUT2D eigenvalue weighted by Crippen LogP contribution is 2.23. The lowest BCUT2D eigenvalue weighted by molar-refractivity contribution is 0.386. The number of methoxy groups -OCH3 is 1. The quantitative estimate of drug-likeness (QED) is 0.360. The number of nitrogens with zero attached hydrogens (tertiary/aromatic N) is 1. The number of halogens is 2. The van der Waals surface area contributed by atoms with Gasteiger partial charge in [0.05, 0.1) is 7.11 Å². The van der Waals surface area contributed by atoms with E-state index in [1.54, 1.807) is 13.1 Å². The second-order valence-corrected chi connectivity index (χ2v) is 8.20. The minimum atomic E-state index is -0.744. The van der Waals surface area contributed by atoms with Crippen molar-refractivity contribution in [2.75, 3.05) is 19.9 Å². The smallest absolute Gasteiger partial charge is 0.191 e. The predicted molar refractivity (Wildman–Crippen MR) is 116 cm³/mol. The van der Waals surface area contributed by atoms with Gasteiger partial charge in [0.1, 0.15) is 0 Å². The first-order valence-corrected chi connectivity index (χ1v) is 10.1. The molecule has 26 heavy (non-hydrogen) atoms. The largest absolute Gasteiger partial charge is 0.494 e. The predicted octanol–water partition coefficient (Wildman–Crippen LogP) is 3.20. The van der Waals surface area contributed by atoms with Crippen molar-refractivity contribution in [3.05, 3.63) is 29.6 Å². The van der Waals surface area contributed by atoms with Crippen LogP contribution in [0.1, 0.15) is 38.2 Å². The summed E-state index contributed by atoms with van der Waals surface area (Å²) in [5.41, 5.74) is 0.815. The van der Waals surface area contributed by atoms with E-state index in [0.717, 1.165) is 31.2 Å². The summed E-state index contributed by atoms with van der Waals surface area (Å²) in [6, 6.07) is 5.17. The van der Waals surface area contributed by atoms with Gasteiger partial charge in [-0.1, -0.05) is 19.4 Å². The van der Waals surface area contributed by atoms with Gasteiger partial charge in [-0.2, -0.15) is 0 Å². The summed E-state index contributed by atoms with van der Waals surface area (Å²) in [6.45, 7) is 2.44. The minimum Gasteiger partial charge on any atom is -0.494 e. The van der Waals surface area contributed by atoms with E-state index in [2.05, 4.69) is 15.6 Å². The fourth-order valence-electron chi connectivity index (χ4n) is 3.14. The van der Waals surface area contributed by atoms with Crippen LogP contribution in [-0.2, 0) is 17.3 Å². The van der Waals surface area contributed by atoms with Gasteiger partial charge in [-0.25, -0.2) is 4.39 Å². The molecule has 1 aromatic carbocycles. The molecule has 0 saturated heterocycles. The molecule has 5 nitrogen and oxygen atoms in total. The summed E-state index contributed by atoms with van der Waals surface area (Å²) in [4.78, 5) is 4.24. The highest BCUT2D eigenvalue weighted by Gasteiger charge is 2.26. The highest BCUT2D eigenvalue weighted by molar-refractivity contribution is 14.0. The van der Waals surface area contributed by atoms with Gasteiger partial charge in [0.2, 0.25) is 0 Å². The Morgan fingerprint density at radius 2 is 2.19 bits per heavy atom. The molecule has 0 radical (unpaired) electrons. The first kappa shape index (κ1) is 23.1. The molecule has 0 bridgehead atoms. The lowest BCUT2D eigenvalue weighted by atomic mass is 9.95. The average molecular weight is 497 g/mol. The van der Waals surface area contributed by atoms with Crippen LogP contribution in [0.25, 0.3) is 0 Å². The maximum Gasteiger partial charge on any atom is 0.191 e. The summed E-state index contributed by atoms with van der Waals surface area (Å²) >= 11 is 0. The Hall–Kier alpha value is -0.900. The average Bonchev–Trinajstić information content (AvgIpc) is 2.64. The second-order valence-electron chi connectivity index (χ2n) is 6.19. The molecule has 2 N–H and O–H groups in total. The van der Waals surface area contributed by atoms with E-state index in [1.807, 2.05) is 13.0 Å². The fraction of sp³-hybridized carbons (Fsp3) is 0.611. The van der Waals surface area contributed by atoms with Gasteiger partial charge in [-0.3, -0.25) is 9.20 Å². The van der Waals surface area contributed by atoms with Crippen molar-refractivity contribution in [3.63, 3.8) is 0 Å². The first-order chi connectivity index (χ1) is 12.1. The number of hydrogen-bond acceptors (Lipinski definition) is 3. The Morgan fingerprint density at radius 3 is 2.81 bits per heavy atom. The van der Waals surface area contributed by atoms with Crippen LogP contribution in [0.15, 0.2) is 23.2 Å². The lowest BCUT2D eigenvalue weighted by Crippen LogP contribution is -2.46. The van der Waals surface area contributed by atoms with E-state index in [0.29, 0.717) is 18.3 Å². The number of benzene rings is 1. The topological polar surface area (TPSA) is 62.7 Å². The van der Waals surface area contributed by atoms with E-state index in [-0.39, 0.29) is 46.8 Å². The van der Waals surface area contributed by atoms with Crippen LogP contribution in [0.4, 0.5) is 4.39 Å². The Balaban J connectivity index is 0.00000338. The molecule has 1 aliphatic rings. The molecule has 0 spiro atoms. The molecule has 8 heteroatoms. The zero-order chi connectivity index (χ0) is 18.2. The number of ether oxygens (including phenoxy) is 1. The molecule has 1 aromatic rings. The number of guanidine groups is 1. The molecule has 1 fully saturated rings. The molecular weight excluding hydrogens is 468 g/mol. The maximum atomic E-state index is 13.8. The molecule has 0 amide bonds. The molecule has 3 atom stereocenters. The third kappa shape index (κ3) is 6.68. The molecule has 148 valence electrons. The lowest BCUT2D eigenvalue weighted by Gasteiger charge is -2.30. The zero-order valence-electron chi connectivity index (χ0n) is 15.6. The van der Waals surface area contributed by atoms with E-state index >= 15 is 0 Å². The summed E-state index contributed by atoms with van der Waals surface area (Å²) < 4.78 is 30.7. The standard InChI is InChI=1S/C18H28FN3O2S.HI/c1-4-25(23)15-7-5-6-14(11-15)22-18(20-2)21-12-13-8-9-17(24-3)16(19)10-13;/h8-10,14-15H,4-7,11-12H2,1-3H3,(H2,20,21,22);1H. The van der Waals surface area contributed by atoms with Crippen molar-refractivity contribution in [1.82, 2.24) is 10.6 Å². The van der Waals surface area contributed by atoms with Gasteiger partial charge in [0.15, 0.2) is 17.5 Å². The number of aliphatic imine (C=N–C) groups is 1. The first-order valence-electron chi connectivity index (χ1n) is 8.74. The van der Waals surface area contributed by atoms with Crippen LogP contribution in [0, 0.1) is 5.82 Å². The van der Waals surface area contributed by atoms with Gasteiger partial charge in [0, 0.05) is 41.4 Å². The third-order valence-corrected chi connectivity index (χ3v) is 6.26. The Morgan fingerprint density at radius 1 is 1.42 bits per heavy atom. The molecule has 0 aliphatic heterocycles. The van der Waals surface area contributed by atoms with Crippen LogP contribution in [-0.4, -0.2) is 41.4 Å². The number of hydrogen-bond donors (Lipinski definition) is 2. The van der Waals surface area contributed by atoms with Crippen molar-refractivity contribution < 1.29 is 13.3 Å². The van der Waals surface area contributed by atoms with Crippen molar-refractivity contribution >= 4 is 40.7 Å². The van der Waals surface area contributed by atoms with E-state index in [4.69, 9.17) is 4.74 Å². The molecular formula is C18H29FIN3O2S. The minimum absolute atomic E-state index is 0. The molecule has 0 heterocycles. The number of nitrogens with one attached hydrogen (secondary N) is 2. The van der Waals surface area contributed by atoms with Gasteiger partial charge in [-0.05, 0) is 37.0 Å². The van der Waals surface area contributed by atoms with Crippen molar-refractivity contribution in [1.29, 1.82) is 0 Å². The van der Waals surface area contributed by atoms with Gasteiger partial charge in [0.25, 0.3) is 0 Å². The van der Waals surface area contributed by atoms with Crippen molar-refractivity contribution in [2.24, 2.45) is 4.99 Å². The van der Waals surface area contributed by atoms with E-state index in [1.165, 1.54) is 13.2 Å². The Labute approximate surface area is 175 Å². The van der Waals surface area contributed by atoms with Crippen LogP contribution in [0.2, 0.25) is 0 Å². The molecule has 2 rings (SSSR count). The van der Waals surface area contributed by atoms with E-state index < -0.39 is 10.8 Å². The summed E-state index contributed by atoms with van der Waals surface area (Å²) in [5, 5.41) is 6.89. The van der Waals surface area contributed by atoms with Crippen LogP contribution < -0.4 is 15.4 Å². The summed E-state index contributed by atoms with van der Waals surface area (Å²) in [7, 11) is 2.42. The van der Waals surface area contributed by atoms with Crippen molar-refractivity contribution in [3.8, 4) is 5.75 Å². The fourth-order valence-corrected chi connectivity index (χ4v) is 4.49. The SMILES string of the molecule is CCS(=O)C1CCCC(NC(=NC)NCc2ccc(OC)c(F)c2)C1.I.